The molecule has 0 bridgehead atoms. The predicted molar refractivity (Wildman–Crippen MR) is 51.7 cm³/mol. The molecule has 0 aliphatic carbocycles. The highest BCUT2D eigenvalue weighted by molar-refractivity contribution is 9.10. The van der Waals surface area contributed by atoms with Gasteiger partial charge < -0.3 is 5.73 Å². The minimum Gasteiger partial charge on any atom is -0.382 e. The first-order valence-electron chi connectivity index (χ1n) is 3.44. The molecule has 2 N–H and O–H groups in total. The maximum Gasteiger partial charge on any atom is 0.142 e. The van der Waals surface area contributed by atoms with E-state index in [1.165, 1.54) is 0 Å². The molecule has 0 spiro atoms. The van der Waals surface area contributed by atoms with Gasteiger partial charge in [-0.05, 0) is 28.1 Å². The quantitative estimate of drug-likeness (QED) is 0.744. The number of hydrogen-bond donors (Lipinski definition) is 1. The Balaban J connectivity index is 2.88. The SMILES string of the molecule is Nc1cnc2cccc(Br)c2n1. The number of para-hydroxylation sites is 1. The number of nitrogens with two attached hydrogens (primary N) is 1. The van der Waals surface area contributed by atoms with Crippen molar-refractivity contribution < 1.29 is 0 Å². The summed E-state index contributed by atoms with van der Waals surface area (Å²) in [4.78, 5) is 8.27. The molecule has 1 aromatic carbocycles. The van der Waals surface area contributed by atoms with Crippen molar-refractivity contribution in [2.24, 2.45) is 0 Å². The molecule has 0 atom stereocenters. The zero-order valence-electron chi connectivity index (χ0n) is 6.16. The van der Waals surface area contributed by atoms with Gasteiger partial charge in [0.1, 0.15) is 11.3 Å². The Morgan fingerprint density at radius 3 is 3.00 bits per heavy atom. The zero-order valence-corrected chi connectivity index (χ0v) is 7.75. The number of halogens is 1. The van der Waals surface area contributed by atoms with Crippen molar-refractivity contribution in [1.29, 1.82) is 0 Å². The van der Waals surface area contributed by atoms with Crippen LogP contribution in [0.1, 0.15) is 0 Å². The van der Waals surface area contributed by atoms with Crippen LogP contribution in [0.3, 0.4) is 0 Å². The van der Waals surface area contributed by atoms with Gasteiger partial charge in [0, 0.05) is 4.47 Å². The van der Waals surface area contributed by atoms with Gasteiger partial charge in [0.25, 0.3) is 0 Å². The van der Waals surface area contributed by atoms with Crippen LogP contribution in [-0.2, 0) is 0 Å². The van der Waals surface area contributed by atoms with Gasteiger partial charge in [-0.15, -0.1) is 0 Å². The highest BCUT2D eigenvalue weighted by Crippen LogP contribution is 2.20. The molecule has 0 aliphatic rings. The maximum absolute atomic E-state index is 5.50. The van der Waals surface area contributed by atoms with Crippen molar-refractivity contribution in [3.63, 3.8) is 0 Å². The molecule has 2 rings (SSSR count). The maximum atomic E-state index is 5.50. The highest BCUT2D eigenvalue weighted by Gasteiger charge is 1.99. The topological polar surface area (TPSA) is 51.8 Å². The van der Waals surface area contributed by atoms with Crippen LogP contribution in [0.4, 0.5) is 5.82 Å². The summed E-state index contributed by atoms with van der Waals surface area (Å²) in [6.07, 6.45) is 1.55. The van der Waals surface area contributed by atoms with Crippen LogP contribution >= 0.6 is 15.9 Å². The Labute approximate surface area is 77.8 Å². The molecule has 0 saturated carbocycles. The lowest BCUT2D eigenvalue weighted by molar-refractivity contribution is 1.30. The molecule has 0 radical (unpaired) electrons. The van der Waals surface area contributed by atoms with E-state index in [0.717, 1.165) is 15.5 Å². The fraction of sp³-hybridized carbons (Fsp3) is 0. The van der Waals surface area contributed by atoms with Crippen molar-refractivity contribution in [1.82, 2.24) is 9.97 Å². The molecule has 60 valence electrons. The van der Waals surface area contributed by atoms with Crippen molar-refractivity contribution in [2.75, 3.05) is 5.73 Å². The standard InChI is InChI=1S/C8H6BrN3/c9-5-2-1-3-6-8(5)12-7(10)4-11-6/h1-4H,(H2,10,12). The normalized spacial score (nSPS) is 10.4. The monoisotopic (exact) mass is 223 g/mol. The first-order chi connectivity index (χ1) is 5.77. The fourth-order valence-electron chi connectivity index (χ4n) is 1.01. The molecule has 2 aromatic rings. The van der Waals surface area contributed by atoms with Gasteiger partial charge >= 0.3 is 0 Å². The van der Waals surface area contributed by atoms with Crippen molar-refractivity contribution >= 4 is 32.8 Å². The van der Waals surface area contributed by atoms with E-state index in [2.05, 4.69) is 25.9 Å². The highest BCUT2D eigenvalue weighted by atomic mass is 79.9. The van der Waals surface area contributed by atoms with Gasteiger partial charge in [0.05, 0.1) is 11.7 Å². The van der Waals surface area contributed by atoms with E-state index in [4.69, 9.17) is 5.73 Å². The van der Waals surface area contributed by atoms with Crippen LogP contribution in [0, 0.1) is 0 Å². The summed E-state index contributed by atoms with van der Waals surface area (Å²) in [5.41, 5.74) is 7.15. The summed E-state index contributed by atoms with van der Waals surface area (Å²) in [6, 6.07) is 5.72. The summed E-state index contributed by atoms with van der Waals surface area (Å²) in [5.74, 6) is 0.439. The molecule has 4 heteroatoms. The second-order valence-electron chi connectivity index (χ2n) is 2.40. The second kappa shape index (κ2) is 2.71. The first kappa shape index (κ1) is 7.49. The van der Waals surface area contributed by atoms with Gasteiger partial charge in [0.15, 0.2) is 0 Å². The summed E-state index contributed by atoms with van der Waals surface area (Å²) in [7, 11) is 0. The van der Waals surface area contributed by atoms with Crippen LogP contribution in [-0.4, -0.2) is 9.97 Å². The van der Waals surface area contributed by atoms with E-state index in [1.54, 1.807) is 6.20 Å². The lowest BCUT2D eigenvalue weighted by atomic mass is 10.3. The molecule has 12 heavy (non-hydrogen) atoms. The molecule has 0 amide bonds. The average molecular weight is 224 g/mol. The molecule has 0 saturated heterocycles. The second-order valence-corrected chi connectivity index (χ2v) is 3.26. The molecule has 1 aromatic heterocycles. The number of fused-ring (bicyclic) bond motifs is 1. The molecule has 3 nitrogen and oxygen atoms in total. The Bertz CT molecular complexity index is 428. The van der Waals surface area contributed by atoms with Crippen molar-refractivity contribution in [3.8, 4) is 0 Å². The minimum absolute atomic E-state index is 0.439. The smallest absolute Gasteiger partial charge is 0.142 e. The van der Waals surface area contributed by atoms with Crippen LogP contribution in [0.2, 0.25) is 0 Å². The minimum atomic E-state index is 0.439. The number of nitrogens with zero attached hydrogens (tertiary/aromatic N) is 2. The Kier molecular flexibility index (Phi) is 1.69. The van der Waals surface area contributed by atoms with Crippen LogP contribution in [0.25, 0.3) is 11.0 Å². The fourth-order valence-corrected chi connectivity index (χ4v) is 1.46. The Morgan fingerprint density at radius 2 is 2.17 bits per heavy atom. The summed E-state index contributed by atoms with van der Waals surface area (Å²) in [5, 5.41) is 0. The largest absolute Gasteiger partial charge is 0.382 e. The first-order valence-corrected chi connectivity index (χ1v) is 4.23. The third kappa shape index (κ3) is 1.14. The molecular weight excluding hydrogens is 218 g/mol. The predicted octanol–water partition coefficient (Wildman–Crippen LogP) is 1.97. The average Bonchev–Trinajstić information content (AvgIpc) is 2.07. The number of benzene rings is 1. The molecule has 0 aliphatic heterocycles. The Hall–Kier alpha value is -1.16. The van der Waals surface area contributed by atoms with Crippen molar-refractivity contribution in [3.05, 3.63) is 28.9 Å². The Morgan fingerprint density at radius 1 is 1.33 bits per heavy atom. The molecule has 1 heterocycles. The van der Waals surface area contributed by atoms with Gasteiger partial charge in [-0.2, -0.15) is 0 Å². The van der Waals surface area contributed by atoms with E-state index in [0.29, 0.717) is 5.82 Å². The molecular formula is C8H6BrN3. The summed E-state index contributed by atoms with van der Waals surface area (Å²) >= 11 is 3.37. The lowest BCUT2D eigenvalue weighted by Gasteiger charge is -1.98. The van der Waals surface area contributed by atoms with Gasteiger partial charge in [-0.25, -0.2) is 4.98 Å². The lowest BCUT2D eigenvalue weighted by Crippen LogP contribution is -1.92. The number of anilines is 1. The number of nitrogen functional groups attached to an aromatic ring is 1. The van der Waals surface area contributed by atoms with Crippen LogP contribution < -0.4 is 5.73 Å². The van der Waals surface area contributed by atoms with Crippen LogP contribution in [0.5, 0.6) is 0 Å². The third-order valence-electron chi connectivity index (χ3n) is 1.54. The molecule has 0 unspecified atom stereocenters. The van der Waals surface area contributed by atoms with E-state index in [1.807, 2.05) is 18.2 Å². The van der Waals surface area contributed by atoms with Gasteiger partial charge in [-0.3, -0.25) is 4.98 Å². The van der Waals surface area contributed by atoms with Gasteiger partial charge in [0.2, 0.25) is 0 Å². The zero-order chi connectivity index (χ0) is 8.55. The van der Waals surface area contributed by atoms with Crippen molar-refractivity contribution in [2.45, 2.75) is 0 Å². The number of aromatic nitrogens is 2. The third-order valence-corrected chi connectivity index (χ3v) is 2.18. The summed E-state index contributed by atoms with van der Waals surface area (Å²) in [6.45, 7) is 0. The summed E-state index contributed by atoms with van der Waals surface area (Å²) < 4.78 is 0.916. The van der Waals surface area contributed by atoms with E-state index in [-0.39, 0.29) is 0 Å². The van der Waals surface area contributed by atoms with Gasteiger partial charge in [-0.1, -0.05) is 6.07 Å². The molecule has 0 fully saturated rings. The van der Waals surface area contributed by atoms with E-state index in [9.17, 15) is 0 Å². The van der Waals surface area contributed by atoms with E-state index >= 15 is 0 Å². The number of hydrogen-bond acceptors (Lipinski definition) is 3. The van der Waals surface area contributed by atoms with Crippen LogP contribution in [0.15, 0.2) is 28.9 Å². The van der Waals surface area contributed by atoms with E-state index < -0.39 is 0 Å². The number of rotatable bonds is 0.